The van der Waals surface area contributed by atoms with Gasteiger partial charge in [-0.1, -0.05) is 17.9 Å². The molecule has 0 radical (unpaired) electrons. The largest absolute Gasteiger partial charge is 0.365 e. The van der Waals surface area contributed by atoms with Crippen LogP contribution in [-0.4, -0.2) is 24.9 Å². The molecule has 4 heterocycles. The molecule has 156 valence electrons. The van der Waals surface area contributed by atoms with Crippen molar-refractivity contribution in [2.45, 2.75) is 26.3 Å². The van der Waals surface area contributed by atoms with E-state index in [2.05, 4.69) is 78.2 Å². The molecule has 0 aliphatic carbocycles. The van der Waals surface area contributed by atoms with E-state index < -0.39 is 0 Å². The molecule has 7 heteroatoms. The summed E-state index contributed by atoms with van der Waals surface area (Å²) in [5.41, 5.74) is 3.77. The second-order valence-corrected chi connectivity index (χ2v) is 9.23. The van der Waals surface area contributed by atoms with Crippen molar-refractivity contribution in [3.63, 3.8) is 0 Å². The normalized spacial score (nSPS) is 11.2. The van der Waals surface area contributed by atoms with E-state index in [1.807, 2.05) is 22.9 Å². The van der Waals surface area contributed by atoms with Gasteiger partial charge in [0.15, 0.2) is 5.65 Å². The number of nitrogens with zero attached hydrogens (tertiary/aromatic N) is 3. The van der Waals surface area contributed by atoms with E-state index in [-0.39, 0.29) is 17.9 Å². The zero-order valence-electron chi connectivity index (χ0n) is 17.4. The van der Waals surface area contributed by atoms with Crippen LogP contribution in [0, 0.1) is 11.8 Å². The van der Waals surface area contributed by atoms with Crippen LogP contribution in [0.2, 0.25) is 0 Å². The highest BCUT2D eigenvalue weighted by Crippen LogP contribution is 2.34. The van der Waals surface area contributed by atoms with Gasteiger partial charge in [0, 0.05) is 40.6 Å². The molecular weight excluding hydrogens is 426 g/mol. The number of hydrogen-bond acceptors (Lipinski definition) is 4. The number of aromatic nitrogens is 4. The molecule has 1 aromatic carbocycles. The summed E-state index contributed by atoms with van der Waals surface area (Å²) in [7, 11) is 0. The van der Waals surface area contributed by atoms with Crippen LogP contribution in [0.4, 0.5) is 5.82 Å². The molecule has 0 saturated heterocycles. The molecule has 0 unspecified atom stereocenters. The van der Waals surface area contributed by atoms with Gasteiger partial charge in [-0.25, -0.2) is 4.98 Å². The summed E-state index contributed by atoms with van der Waals surface area (Å²) in [6.07, 6.45) is 7.44. The zero-order chi connectivity index (χ0) is 20.7. The second-order valence-electron chi connectivity index (χ2n) is 8.15. The van der Waals surface area contributed by atoms with Crippen molar-refractivity contribution in [2.24, 2.45) is 0 Å². The smallest absolute Gasteiger partial charge is 0.157 e. The lowest BCUT2D eigenvalue weighted by molar-refractivity contribution is 0.629. The predicted octanol–water partition coefficient (Wildman–Crippen LogP) is 5.97. The highest BCUT2D eigenvalue weighted by atomic mass is 35.5. The number of anilines is 1. The molecule has 4 aromatic heterocycles. The van der Waals surface area contributed by atoms with E-state index in [9.17, 15) is 0 Å². The molecule has 0 aliphatic heterocycles. The topological polar surface area (TPSA) is 58.0 Å². The Kier molecular flexibility index (Phi) is 5.48. The number of H-pyrrole nitrogens is 1. The molecule has 5 aromatic rings. The van der Waals surface area contributed by atoms with Gasteiger partial charge in [0.2, 0.25) is 0 Å². The van der Waals surface area contributed by atoms with Crippen LogP contribution < -0.4 is 5.32 Å². The number of fused-ring (bicyclic) bond motifs is 2. The SMILES string of the molecule is CC(C)(C)Nc1c(-c2ccc(C#Cc3cccc4[nH]ccc34)s2)nc2cnccn12.Cl. The van der Waals surface area contributed by atoms with Gasteiger partial charge in [0.1, 0.15) is 11.5 Å². The summed E-state index contributed by atoms with van der Waals surface area (Å²) in [5.74, 6) is 7.62. The molecule has 0 spiro atoms. The number of hydrogen-bond donors (Lipinski definition) is 2. The monoisotopic (exact) mass is 447 g/mol. The summed E-state index contributed by atoms with van der Waals surface area (Å²) in [4.78, 5) is 14.4. The van der Waals surface area contributed by atoms with Crippen LogP contribution in [0.5, 0.6) is 0 Å². The molecule has 2 N–H and O–H groups in total. The van der Waals surface area contributed by atoms with Gasteiger partial charge >= 0.3 is 0 Å². The molecule has 0 saturated carbocycles. The first kappa shape index (κ1) is 21.0. The number of nitrogens with one attached hydrogen (secondary N) is 2. The molecule has 31 heavy (non-hydrogen) atoms. The number of rotatable bonds is 2. The summed E-state index contributed by atoms with van der Waals surface area (Å²) in [6, 6.07) is 12.4. The van der Waals surface area contributed by atoms with Crippen molar-refractivity contribution < 1.29 is 0 Å². The predicted molar refractivity (Wildman–Crippen MR) is 131 cm³/mol. The number of benzene rings is 1. The number of imidazole rings is 1. The van der Waals surface area contributed by atoms with E-state index in [0.717, 1.165) is 43.4 Å². The first-order valence-corrected chi connectivity index (χ1v) is 10.6. The summed E-state index contributed by atoms with van der Waals surface area (Å²) in [5, 5.41) is 4.74. The van der Waals surface area contributed by atoms with E-state index in [1.54, 1.807) is 23.7 Å². The molecule has 0 atom stereocenters. The molecule has 0 bridgehead atoms. The third-order valence-corrected chi connectivity index (χ3v) is 5.69. The first-order valence-electron chi connectivity index (χ1n) is 9.76. The second kappa shape index (κ2) is 8.10. The number of aromatic amines is 1. The van der Waals surface area contributed by atoms with Crippen molar-refractivity contribution >= 4 is 46.1 Å². The van der Waals surface area contributed by atoms with Crippen LogP contribution in [-0.2, 0) is 0 Å². The minimum absolute atomic E-state index is 0. The van der Waals surface area contributed by atoms with Gasteiger partial charge in [0.05, 0.1) is 16.0 Å². The Balaban J connectivity index is 0.00000231. The Morgan fingerprint density at radius 3 is 2.81 bits per heavy atom. The lowest BCUT2D eigenvalue weighted by Crippen LogP contribution is -2.27. The molecule has 5 nitrogen and oxygen atoms in total. The standard InChI is InChI=1S/C24H21N5S.ClH/c1-24(2,3)28-23-22(27-21-15-25-13-14-29(21)23)20-10-9-17(30-20)8-7-16-5-4-6-19-18(16)11-12-26-19;/h4-6,9-15,26,28H,1-3H3;1H. The van der Waals surface area contributed by atoms with Gasteiger partial charge in [-0.05, 0) is 51.1 Å². The average Bonchev–Trinajstić information content (AvgIpc) is 3.44. The minimum Gasteiger partial charge on any atom is -0.365 e. The Bertz CT molecular complexity index is 1430. The average molecular weight is 448 g/mol. The van der Waals surface area contributed by atoms with Crippen LogP contribution in [0.3, 0.4) is 0 Å². The molecule has 5 rings (SSSR count). The Morgan fingerprint density at radius 2 is 1.97 bits per heavy atom. The number of thiophene rings is 1. The third-order valence-electron chi connectivity index (χ3n) is 4.68. The fourth-order valence-corrected chi connectivity index (χ4v) is 4.26. The zero-order valence-corrected chi connectivity index (χ0v) is 19.1. The lowest BCUT2D eigenvalue weighted by Gasteiger charge is -2.22. The van der Waals surface area contributed by atoms with E-state index >= 15 is 0 Å². The maximum absolute atomic E-state index is 4.83. The van der Waals surface area contributed by atoms with Gasteiger partial charge in [0.25, 0.3) is 0 Å². The van der Waals surface area contributed by atoms with Gasteiger partial charge in [-0.15, -0.1) is 23.7 Å². The summed E-state index contributed by atoms with van der Waals surface area (Å²) >= 11 is 1.65. The Hall–Kier alpha value is -3.27. The maximum Gasteiger partial charge on any atom is 0.157 e. The van der Waals surface area contributed by atoms with Crippen LogP contribution in [0.15, 0.2) is 61.2 Å². The molecular formula is C24H22ClN5S. The highest BCUT2D eigenvalue weighted by molar-refractivity contribution is 7.16. The molecule has 0 amide bonds. The molecule has 0 aliphatic rings. The fraction of sp³-hybridized carbons (Fsp3) is 0.167. The van der Waals surface area contributed by atoms with Crippen molar-refractivity contribution in [1.82, 2.24) is 19.4 Å². The van der Waals surface area contributed by atoms with Crippen molar-refractivity contribution in [1.29, 1.82) is 0 Å². The molecule has 0 fully saturated rings. The van der Waals surface area contributed by atoms with E-state index in [1.165, 1.54) is 0 Å². The number of halogens is 1. The fourth-order valence-electron chi connectivity index (χ4n) is 3.41. The quantitative estimate of drug-likeness (QED) is 0.328. The van der Waals surface area contributed by atoms with E-state index in [0.29, 0.717) is 0 Å². The highest BCUT2D eigenvalue weighted by Gasteiger charge is 2.20. The summed E-state index contributed by atoms with van der Waals surface area (Å²) < 4.78 is 2.05. The van der Waals surface area contributed by atoms with Crippen LogP contribution in [0.25, 0.3) is 27.1 Å². The van der Waals surface area contributed by atoms with Gasteiger partial charge < -0.3 is 10.3 Å². The Labute approximate surface area is 191 Å². The van der Waals surface area contributed by atoms with E-state index in [4.69, 9.17) is 4.98 Å². The van der Waals surface area contributed by atoms with Crippen LogP contribution in [0.1, 0.15) is 31.2 Å². The van der Waals surface area contributed by atoms with Gasteiger partial charge in [-0.2, -0.15) is 0 Å². The summed E-state index contributed by atoms with van der Waals surface area (Å²) in [6.45, 7) is 6.43. The first-order chi connectivity index (χ1) is 14.5. The lowest BCUT2D eigenvalue weighted by atomic mass is 10.1. The van der Waals surface area contributed by atoms with Gasteiger partial charge in [-0.3, -0.25) is 9.38 Å². The van der Waals surface area contributed by atoms with Crippen molar-refractivity contribution in [3.05, 3.63) is 71.6 Å². The Morgan fingerprint density at radius 1 is 1.10 bits per heavy atom. The van der Waals surface area contributed by atoms with Crippen LogP contribution >= 0.6 is 23.7 Å². The maximum atomic E-state index is 4.83. The van der Waals surface area contributed by atoms with Crippen molar-refractivity contribution in [2.75, 3.05) is 5.32 Å². The minimum atomic E-state index is -0.0941. The third kappa shape index (κ3) is 4.15. The van der Waals surface area contributed by atoms with Crippen molar-refractivity contribution in [3.8, 4) is 22.4 Å².